The molecule has 0 aliphatic rings. The molecule has 1 rings (SSSR count). The summed E-state index contributed by atoms with van der Waals surface area (Å²) in [6, 6.07) is 5.90. The zero-order chi connectivity index (χ0) is 16.3. The SMILES string of the molecule is CNC(COC(C(F)(F)F)C(F)(F)F)c1ccc(C)cc1. The Hall–Kier alpha value is -1.28. The van der Waals surface area contributed by atoms with Gasteiger partial charge in [-0.2, -0.15) is 26.3 Å². The summed E-state index contributed by atoms with van der Waals surface area (Å²) in [6.45, 7) is 1.07. The fraction of sp³-hybridized carbons (Fsp3) is 0.538. The van der Waals surface area contributed by atoms with Crippen molar-refractivity contribution in [1.29, 1.82) is 0 Å². The van der Waals surface area contributed by atoms with E-state index < -0.39 is 31.1 Å². The number of likely N-dealkylation sites (N-methyl/N-ethyl adjacent to an activating group) is 1. The smallest absolute Gasteiger partial charge is 0.359 e. The normalized spacial score (nSPS) is 14.5. The lowest BCUT2D eigenvalue weighted by Gasteiger charge is -2.25. The van der Waals surface area contributed by atoms with Crippen molar-refractivity contribution in [2.75, 3.05) is 13.7 Å². The second-order valence-corrected chi connectivity index (χ2v) is 4.55. The fourth-order valence-electron chi connectivity index (χ4n) is 1.71. The van der Waals surface area contributed by atoms with Gasteiger partial charge < -0.3 is 10.1 Å². The Kier molecular flexibility index (Phi) is 5.63. The van der Waals surface area contributed by atoms with Crippen LogP contribution in [0, 0.1) is 6.92 Å². The Balaban J connectivity index is 2.80. The second-order valence-electron chi connectivity index (χ2n) is 4.55. The molecular formula is C13H15F6NO. The second kappa shape index (κ2) is 6.65. The van der Waals surface area contributed by atoms with E-state index in [0.717, 1.165) is 5.56 Å². The van der Waals surface area contributed by atoms with Crippen LogP contribution in [0.4, 0.5) is 26.3 Å². The number of alkyl halides is 6. The first-order valence-electron chi connectivity index (χ1n) is 6.04. The molecule has 0 fully saturated rings. The van der Waals surface area contributed by atoms with Gasteiger partial charge in [0.25, 0.3) is 0 Å². The van der Waals surface area contributed by atoms with Crippen LogP contribution in [0.2, 0.25) is 0 Å². The molecular weight excluding hydrogens is 300 g/mol. The van der Waals surface area contributed by atoms with Gasteiger partial charge >= 0.3 is 12.4 Å². The summed E-state index contributed by atoms with van der Waals surface area (Å²) >= 11 is 0. The molecule has 0 aromatic heterocycles. The number of hydrogen-bond donors (Lipinski definition) is 1. The zero-order valence-electron chi connectivity index (χ0n) is 11.3. The zero-order valence-corrected chi connectivity index (χ0v) is 11.3. The van der Waals surface area contributed by atoms with Gasteiger partial charge in [0.05, 0.1) is 12.6 Å². The largest absolute Gasteiger partial charge is 0.423 e. The Morgan fingerprint density at radius 1 is 1.00 bits per heavy atom. The van der Waals surface area contributed by atoms with Crippen LogP contribution < -0.4 is 5.32 Å². The number of nitrogens with one attached hydrogen (secondary N) is 1. The Bertz CT molecular complexity index is 425. The molecule has 0 heterocycles. The first-order valence-corrected chi connectivity index (χ1v) is 6.04. The first kappa shape index (κ1) is 17.8. The Morgan fingerprint density at radius 3 is 1.86 bits per heavy atom. The lowest BCUT2D eigenvalue weighted by Crippen LogP contribution is -2.45. The molecule has 0 spiro atoms. The molecule has 0 aliphatic heterocycles. The van der Waals surface area contributed by atoms with E-state index in [0.29, 0.717) is 5.56 Å². The van der Waals surface area contributed by atoms with Crippen LogP contribution in [-0.4, -0.2) is 32.1 Å². The molecule has 1 N–H and O–H groups in total. The highest BCUT2D eigenvalue weighted by atomic mass is 19.4. The molecule has 2 nitrogen and oxygen atoms in total. The van der Waals surface area contributed by atoms with Crippen molar-refractivity contribution in [2.45, 2.75) is 31.4 Å². The quantitative estimate of drug-likeness (QED) is 0.835. The summed E-state index contributed by atoms with van der Waals surface area (Å²) in [4.78, 5) is 0. The van der Waals surface area contributed by atoms with Gasteiger partial charge in [-0.25, -0.2) is 0 Å². The molecule has 8 heteroatoms. The average Bonchev–Trinajstić information content (AvgIpc) is 2.33. The average molecular weight is 315 g/mol. The minimum absolute atomic E-state index is 0.547. The maximum atomic E-state index is 12.4. The fourth-order valence-corrected chi connectivity index (χ4v) is 1.71. The van der Waals surface area contributed by atoms with E-state index in [4.69, 9.17) is 0 Å². The monoisotopic (exact) mass is 315 g/mol. The topological polar surface area (TPSA) is 21.3 Å². The van der Waals surface area contributed by atoms with Gasteiger partial charge in [0.15, 0.2) is 0 Å². The molecule has 0 radical (unpaired) electrons. The summed E-state index contributed by atoms with van der Waals surface area (Å²) in [5.74, 6) is 0. The lowest BCUT2D eigenvalue weighted by atomic mass is 10.1. The third kappa shape index (κ3) is 5.20. The molecule has 0 bridgehead atoms. The van der Waals surface area contributed by atoms with E-state index in [1.54, 1.807) is 24.3 Å². The van der Waals surface area contributed by atoms with Crippen LogP contribution in [0.25, 0.3) is 0 Å². The van der Waals surface area contributed by atoms with E-state index in [9.17, 15) is 26.3 Å². The Morgan fingerprint density at radius 2 is 1.48 bits per heavy atom. The number of aryl methyl sites for hydroxylation is 1. The van der Waals surface area contributed by atoms with Gasteiger partial charge in [-0.15, -0.1) is 0 Å². The van der Waals surface area contributed by atoms with Crippen molar-refractivity contribution in [3.05, 3.63) is 35.4 Å². The molecule has 0 aliphatic carbocycles. The molecule has 120 valence electrons. The van der Waals surface area contributed by atoms with Crippen LogP contribution in [0.5, 0.6) is 0 Å². The number of ether oxygens (including phenoxy) is 1. The van der Waals surface area contributed by atoms with E-state index >= 15 is 0 Å². The summed E-state index contributed by atoms with van der Waals surface area (Å²) in [5.41, 5.74) is 1.48. The van der Waals surface area contributed by atoms with Crippen LogP contribution in [-0.2, 0) is 4.74 Å². The van der Waals surface area contributed by atoms with Crippen LogP contribution in [0.15, 0.2) is 24.3 Å². The predicted octanol–water partition coefficient (Wildman–Crippen LogP) is 3.77. The van der Waals surface area contributed by atoms with Gasteiger partial charge in [-0.05, 0) is 19.5 Å². The lowest BCUT2D eigenvalue weighted by molar-refractivity contribution is -0.322. The van der Waals surface area contributed by atoms with Crippen molar-refractivity contribution >= 4 is 0 Å². The van der Waals surface area contributed by atoms with Crippen LogP contribution >= 0.6 is 0 Å². The van der Waals surface area contributed by atoms with E-state index in [-0.39, 0.29) is 0 Å². The number of benzene rings is 1. The molecule has 1 aromatic carbocycles. The van der Waals surface area contributed by atoms with Crippen molar-refractivity contribution in [3.8, 4) is 0 Å². The minimum Gasteiger partial charge on any atom is -0.359 e. The van der Waals surface area contributed by atoms with Gasteiger partial charge in [-0.1, -0.05) is 29.8 Å². The van der Waals surface area contributed by atoms with Crippen LogP contribution in [0.1, 0.15) is 17.2 Å². The predicted molar refractivity (Wildman–Crippen MR) is 64.8 cm³/mol. The molecule has 0 saturated heterocycles. The molecule has 1 unspecified atom stereocenters. The summed E-state index contributed by atoms with van der Waals surface area (Å²) in [7, 11) is 1.43. The van der Waals surface area contributed by atoms with E-state index in [2.05, 4.69) is 10.1 Å². The summed E-state index contributed by atoms with van der Waals surface area (Å²) < 4.78 is 78.3. The van der Waals surface area contributed by atoms with E-state index in [1.165, 1.54) is 7.05 Å². The highest BCUT2D eigenvalue weighted by molar-refractivity contribution is 5.24. The third-order valence-corrected chi connectivity index (χ3v) is 2.85. The molecule has 0 saturated carbocycles. The number of rotatable bonds is 5. The van der Waals surface area contributed by atoms with Gasteiger partial charge in [0.2, 0.25) is 6.10 Å². The maximum Gasteiger partial charge on any atom is 0.423 e. The molecule has 0 amide bonds. The van der Waals surface area contributed by atoms with Crippen molar-refractivity contribution < 1.29 is 31.1 Å². The van der Waals surface area contributed by atoms with Crippen molar-refractivity contribution in [2.24, 2.45) is 0 Å². The number of hydrogen-bond acceptors (Lipinski definition) is 2. The standard InChI is InChI=1S/C13H15F6NO/c1-8-3-5-9(6-4-8)10(20-2)7-21-11(12(14,15)16)13(17,18)19/h3-6,10-11,20H,7H2,1-2H3. The number of halogens is 6. The van der Waals surface area contributed by atoms with Crippen LogP contribution in [0.3, 0.4) is 0 Å². The molecule has 1 aromatic rings. The summed E-state index contributed by atoms with van der Waals surface area (Å²) in [6.07, 6.45) is -14.8. The highest BCUT2D eigenvalue weighted by Crippen LogP contribution is 2.36. The first-order chi connectivity index (χ1) is 9.55. The van der Waals surface area contributed by atoms with Crippen molar-refractivity contribution in [1.82, 2.24) is 5.32 Å². The van der Waals surface area contributed by atoms with E-state index in [1.807, 2.05) is 6.92 Å². The summed E-state index contributed by atoms with van der Waals surface area (Å²) in [5, 5.41) is 2.64. The highest BCUT2D eigenvalue weighted by Gasteiger charge is 2.58. The molecule has 1 atom stereocenters. The minimum atomic E-state index is -5.50. The maximum absolute atomic E-state index is 12.4. The van der Waals surface area contributed by atoms with Gasteiger partial charge in [0.1, 0.15) is 0 Å². The molecule has 21 heavy (non-hydrogen) atoms. The Labute approximate surface area is 118 Å². The van der Waals surface area contributed by atoms with Gasteiger partial charge in [0, 0.05) is 0 Å². The third-order valence-electron chi connectivity index (χ3n) is 2.85. The van der Waals surface area contributed by atoms with Gasteiger partial charge in [-0.3, -0.25) is 0 Å². The van der Waals surface area contributed by atoms with Crippen molar-refractivity contribution in [3.63, 3.8) is 0 Å².